The number of hydrogen-bond donors (Lipinski definition) is 0. The van der Waals surface area contributed by atoms with Gasteiger partial charge in [0.1, 0.15) is 0 Å². The highest BCUT2D eigenvalue weighted by Gasteiger charge is 2.22. The van der Waals surface area contributed by atoms with E-state index in [1.165, 1.54) is 18.6 Å². The molecule has 1 aromatic carbocycles. The van der Waals surface area contributed by atoms with Crippen molar-refractivity contribution in [3.63, 3.8) is 0 Å². The summed E-state index contributed by atoms with van der Waals surface area (Å²) in [7, 11) is 0. The highest BCUT2D eigenvalue weighted by Crippen LogP contribution is 2.37. The Morgan fingerprint density at radius 1 is 1.00 bits per heavy atom. The van der Waals surface area contributed by atoms with Crippen LogP contribution in [0.2, 0.25) is 0 Å². The van der Waals surface area contributed by atoms with Gasteiger partial charge in [-0.1, -0.05) is 41.9 Å². The van der Waals surface area contributed by atoms with Gasteiger partial charge in [0.15, 0.2) is 5.82 Å². The van der Waals surface area contributed by atoms with E-state index in [0.717, 1.165) is 28.9 Å². The lowest BCUT2D eigenvalue weighted by Crippen LogP contribution is -2.03. The molecule has 0 spiro atoms. The molecule has 1 aliphatic heterocycles. The second-order valence-corrected chi connectivity index (χ2v) is 6.95. The van der Waals surface area contributed by atoms with E-state index in [9.17, 15) is 0 Å². The Hall–Kier alpha value is -2.14. The fourth-order valence-electron chi connectivity index (χ4n) is 2.77. The Labute approximate surface area is 139 Å². The van der Waals surface area contributed by atoms with Gasteiger partial charge in [-0.05, 0) is 30.2 Å². The van der Waals surface area contributed by atoms with E-state index in [2.05, 4.69) is 27.3 Å². The molecule has 0 saturated carbocycles. The second kappa shape index (κ2) is 6.54. The number of rotatable bonds is 3. The Balaban J connectivity index is 1.62. The van der Waals surface area contributed by atoms with E-state index in [0.29, 0.717) is 11.1 Å². The van der Waals surface area contributed by atoms with Crippen molar-refractivity contribution in [3.8, 4) is 22.6 Å². The Morgan fingerprint density at radius 2 is 1.87 bits per heavy atom. The molecule has 1 saturated heterocycles. The molecular formula is C18H17N3OS. The molecular weight excluding hydrogens is 306 g/mol. The van der Waals surface area contributed by atoms with Crippen molar-refractivity contribution in [1.82, 2.24) is 15.1 Å². The standard InChI is InChI=1S/C18H17N3OS/c1-2-6-13(7-3-1)14-10-15(12-19-11-14)18-20-17(21-22-18)16-8-4-5-9-23-16/h1-3,6-7,10-12,16H,4-5,8-9H2. The molecule has 2 aromatic heterocycles. The Morgan fingerprint density at radius 3 is 2.70 bits per heavy atom. The number of aromatic nitrogens is 3. The van der Waals surface area contributed by atoms with Gasteiger partial charge in [-0.3, -0.25) is 4.98 Å². The van der Waals surface area contributed by atoms with Gasteiger partial charge in [-0.25, -0.2) is 0 Å². The van der Waals surface area contributed by atoms with E-state index in [1.807, 2.05) is 42.2 Å². The van der Waals surface area contributed by atoms with Crippen LogP contribution in [-0.4, -0.2) is 20.9 Å². The molecule has 1 fully saturated rings. The third-order valence-electron chi connectivity index (χ3n) is 4.00. The molecule has 116 valence electrons. The quantitative estimate of drug-likeness (QED) is 0.696. The smallest absolute Gasteiger partial charge is 0.259 e. The number of benzene rings is 1. The summed E-state index contributed by atoms with van der Waals surface area (Å²) >= 11 is 1.92. The third kappa shape index (κ3) is 3.15. The third-order valence-corrected chi connectivity index (χ3v) is 5.37. The molecule has 0 radical (unpaired) electrons. The van der Waals surface area contributed by atoms with E-state index in [4.69, 9.17) is 4.52 Å². The van der Waals surface area contributed by atoms with Crippen molar-refractivity contribution in [3.05, 3.63) is 54.6 Å². The predicted octanol–water partition coefficient (Wildman–Crippen LogP) is 4.76. The van der Waals surface area contributed by atoms with Crippen LogP contribution in [-0.2, 0) is 0 Å². The number of nitrogens with zero attached hydrogens (tertiary/aromatic N) is 3. The average molecular weight is 323 g/mol. The van der Waals surface area contributed by atoms with E-state index < -0.39 is 0 Å². The fourth-order valence-corrected chi connectivity index (χ4v) is 4.01. The summed E-state index contributed by atoms with van der Waals surface area (Å²) in [5.41, 5.74) is 3.05. The SMILES string of the molecule is c1ccc(-c2cncc(-c3nc(C4CCCCS4)no3)c2)cc1. The minimum atomic E-state index is 0.367. The van der Waals surface area contributed by atoms with Crippen molar-refractivity contribution < 1.29 is 4.52 Å². The Kier molecular flexibility index (Phi) is 4.11. The average Bonchev–Trinajstić information content (AvgIpc) is 3.14. The molecule has 23 heavy (non-hydrogen) atoms. The van der Waals surface area contributed by atoms with Crippen molar-refractivity contribution in [2.45, 2.75) is 24.5 Å². The molecule has 0 bridgehead atoms. The van der Waals surface area contributed by atoms with Gasteiger partial charge in [0.05, 0.1) is 10.8 Å². The maximum atomic E-state index is 5.48. The van der Waals surface area contributed by atoms with Gasteiger partial charge in [-0.2, -0.15) is 16.7 Å². The second-order valence-electron chi connectivity index (χ2n) is 5.64. The first-order chi connectivity index (χ1) is 11.4. The van der Waals surface area contributed by atoms with Crippen LogP contribution < -0.4 is 0 Å². The fraction of sp³-hybridized carbons (Fsp3) is 0.278. The van der Waals surface area contributed by atoms with Gasteiger partial charge in [-0.15, -0.1) is 0 Å². The number of pyridine rings is 1. The highest BCUT2D eigenvalue weighted by atomic mass is 32.2. The lowest BCUT2D eigenvalue weighted by molar-refractivity contribution is 0.420. The normalized spacial score (nSPS) is 18.0. The van der Waals surface area contributed by atoms with Gasteiger partial charge in [0.2, 0.25) is 0 Å². The van der Waals surface area contributed by atoms with Crippen LogP contribution in [0.1, 0.15) is 30.3 Å². The van der Waals surface area contributed by atoms with Crippen LogP contribution in [0.4, 0.5) is 0 Å². The van der Waals surface area contributed by atoms with Crippen LogP contribution in [0, 0.1) is 0 Å². The Bertz CT molecular complexity index is 782. The molecule has 1 aliphatic rings. The lowest BCUT2D eigenvalue weighted by Gasteiger charge is -2.17. The van der Waals surface area contributed by atoms with E-state index in [1.54, 1.807) is 6.20 Å². The van der Waals surface area contributed by atoms with Crippen molar-refractivity contribution >= 4 is 11.8 Å². The predicted molar refractivity (Wildman–Crippen MR) is 92.0 cm³/mol. The molecule has 1 atom stereocenters. The minimum Gasteiger partial charge on any atom is -0.334 e. The molecule has 0 amide bonds. The zero-order valence-electron chi connectivity index (χ0n) is 12.7. The number of hydrogen-bond acceptors (Lipinski definition) is 5. The molecule has 4 nitrogen and oxygen atoms in total. The first-order valence-corrected chi connectivity index (χ1v) is 8.91. The monoisotopic (exact) mass is 323 g/mol. The van der Waals surface area contributed by atoms with Crippen LogP contribution in [0.3, 0.4) is 0 Å². The summed E-state index contributed by atoms with van der Waals surface area (Å²) in [6.07, 6.45) is 7.29. The zero-order chi connectivity index (χ0) is 15.5. The van der Waals surface area contributed by atoms with Gasteiger partial charge in [0.25, 0.3) is 5.89 Å². The lowest BCUT2D eigenvalue weighted by atomic mass is 10.1. The molecule has 3 heterocycles. The van der Waals surface area contributed by atoms with Crippen molar-refractivity contribution in [2.75, 3.05) is 5.75 Å². The molecule has 1 unspecified atom stereocenters. The van der Waals surface area contributed by atoms with Gasteiger partial charge >= 0.3 is 0 Å². The largest absolute Gasteiger partial charge is 0.334 e. The summed E-state index contributed by atoms with van der Waals surface area (Å²) < 4.78 is 5.48. The van der Waals surface area contributed by atoms with Crippen LogP contribution >= 0.6 is 11.8 Å². The maximum Gasteiger partial charge on any atom is 0.259 e. The van der Waals surface area contributed by atoms with Gasteiger partial charge < -0.3 is 4.52 Å². The summed E-state index contributed by atoms with van der Waals surface area (Å²) in [4.78, 5) is 8.93. The topological polar surface area (TPSA) is 51.8 Å². The summed E-state index contributed by atoms with van der Waals surface area (Å²) in [5.74, 6) is 2.55. The summed E-state index contributed by atoms with van der Waals surface area (Å²) in [6.45, 7) is 0. The highest BCUT2D eigenvalue weighted by molar-refractivity contribution is 7.99. The number of thioether (sulfide) groups is 1. The summed E-state index contributed by atoms with van der Waals surface area (Å²) in [6, 6.07) is 12.2. The van der Waals surface area contributed by atoms with E-state index >= 15 is 0 Å². The van der Waals surface area contributed by atoms with Crippen LogP contribution in [0.25, 0.3) is 22.6 Å². The van der Waals surface area contributed by atoms with Crippen molar-refractivity contribution in [1.29, 1.82) is 0 Å². The molecule has 0 N–H and O–H groups in total. The maximum absolute atomic E-state index is 5.48. The minimum absolute atomic E-state index is 0.367. The first-order valence-electron chi connectivity index (χ1n) is 7.86. The van der Waals surface area contributed by atoms with E-state index in [-0.39, 0.29) is 0 Å². The molecule has 4 rings (SSSR count). The zero-order valence-corrected chi connectivity index (χ0v) is 13.5. The molecule has 0 aliphatic carbocycles. The van der Waals surface area contributed by atoms with Crippen molar-refractivity contribution in [2.24, 2.45) is 0 Å². The molecule has 3 aromatic rings. The summed E-state index contributed by atoms with van der Waals surface area (Å²) in [5, 5.41) is 4.55. The van der Waals surface area contributed by atoms with Crippen LogP contribution in [0.5, 0.6) is 0 Å². The van der Waals surface area contributed by atoms with Crippen LogP contribution in [0.15, 0.2) is 53.3 Å². The van der Waals surface area contributed by atoms with Gasteiger partial charge in [0, 0.05) is 18.0 Å². The first kappa shape index (κ1) is 14.5. The molecule has 5 heteroatoms.